The summed E-state index contributed by atoms with van der Waals surface area (Å²) in [7, 11) is 0. The molecule has 2 unspecified atom stereocenters. The third-order valence-corrected chi connectivity index (χ3v) is 4.22. The maximum Gasteiger partial charge on any atom is 0.409 e. The third-order valence-electron chi connectivity index (χ3n) is 4.22. The van der Waals surface area contributed by atoms with Crippen molar-refractivity contribution in [2.75, 3.05) is 19.7 Å². The van der Waals surface area contributed by atoms with Gasteiger partial charge in [-0.15, -0.1) is 0 Å². The number of ether oxygens (including phenoxy) is 1. The molecule has 1 saturated heterocycles. The van der Waals surface area contributed by atoms with Crippen molar-refractivity contribution in [1.29, 1.82) is 5.26 Å². The molecular weight excluding hydrogens is 306 g/mol. The molecule has 6 nitrogen and oxygen atoms in total. The average Bonchev–Trinajstić information content (AvgIpc) is 2.62. The molecule has 0 radical (unpaired) electrons. The lowest BCUT2D eigenvalue weighted by molar-refractivity contribution is -0.127. The van der Waals surface area contributed by atoms with E-state index in [-0.39, 0.29) is 24.0 Å². The highest BCUT2D eigenvalue weighted by molar-refractivity contribution is 5.80. The Morgan fingerprint density at radius 2 is 2.12 bits per heavy atom. The van der Waals surface area contributed by atoms with Gasteiger partial charge in [-0.05, 0) is 44.4 Å². The van der Waals surface area contributed by atoms with E-state index in [9.17, 15) is 9.59 Å². The van der Waals surface area contributed by atoms with Gasteiger partial charge in [-0.25, -0.2) is 4.79 Å². The number of nitrogens with one attached hydrogen (secondary N) is 1. The minimum atomic E-state index is -0.352. The second-order valence-electron chi connectivity index (χ2n) is 5.95. The summed E-state index contributed by atoms with van der Waals surface area (Å²) < 4.78 is 5.01. The van der Waals surface area contributed by atoms with Crippen molar-refractivity contribution in [2.24, 2.45) is 5.92 Å². The molecular formula is C18H23N3O3. The van der Waals surface area contributed by atoms with Crippen LogP contribution in [-0.2, 0) is 9.53 Å². The lowest BCUT2D eigenvalue weighted by Gasteiger charge is -2.31. The topological polar surface area (TPSA) is 82.4 Å². The van der Waals surface area contributed by atoms with Crippen LogP contribution in [-0.4, -0.2) is 36.6 Å². The predicted molar refractivity (Wildman–Crippen MR) is 89.0 cm³/mol. The Bertz CT molecular complexity index is 621. The highest BCUT2D eigenvalue weighted by Crippen LogP contribution is 2.20. The number of amides is 2. The monoisotopic (exact) mass is 329 g/mol. The van der Waals surface area contributed by atoms with Crippen molar-refractivity contribution in [3.63, 3.8) is 0 Å². The van der Waals surface area contributed by atoms with Gasteiger partial charge in [0.15, 0.2) is 0 Å². The van der Waals surface area contributed by atoms with Crippen LogP contribution < -0.4 is 5.32 Å². The molecule has 24 heavy (non-hydrogen) atoms. The second-order valence-corrected chi connectivity index (χ2v) is 5.95. The Morgan fingerprint density at radius 1 is 1.42 bits per heavy atom. The van der Waals surface area contributed by atoms with Gasteiger partial charge in [0.1, 0.15) is 0 Å². The van der Waals surface area contributed by atoms with Gasteiger partial charge in [0, 0.05) is 13.1 Å². The van der Waals surface area contributed by atoms with Crippen molar-refractivity contribution in [3.8, 4) is 6.07 Å². The van der Waals surface area contributed by atoms with E-state index in [0.717, 1.165) is 18.4 Å². The molecule has 1 aliphatic heterocycles. The number of likely N-dealkylation sites (tertiary alicyclic amines) is 1. The summed E-state index contributed by atoms with van der Waals surface area (Å²) >= 11 is 0. The number of nitriles is 1. The van der Waals surface area contributed by atoms with Gasteiger partial charge in [0.25, 0.3) is 0 Å². The number of carbonyl (C=O) groups excluding carboxylic acids is 2. The zero-order valence-corrected chi connectivity index (χ0v) is 14.1. The highest BCUT2D eigenvalue weighted by Gasteiger charge is 2.29. The number of hydrogen-bond donors (Lipinski definition) is 1. The van der Waals surface area contributed by atoms with Crippen LogP contribution in [0, 0.1) is 17.2 Å². The molecule has 1 N–H and O–H groups in total. The molecule has 2 atom stereocenters. The van der Waals surface area contributed by atoms with Gasteiger partial charge in [0.05, 0.1) is 30.2 Å². The molecule has 0 aromatic heterocycles. The fourth-order valence-corrected chi connectivity index (χ4v) is 2.83. The third kappa shape index (κ3) is 4.48. The van der Waals surface area contributed by atoms with Crippen LogP contribution >= 0.6 is 0 Å². The first-order valence-corrected chi connectivity index (χ1v) is 8.27. The minimum absolute atomic E-state index is 0.0548. The molecule has 6 heteroatoms. The molecule has 1 heterocycles. The van der Waals surface area contributed by atoms with Crippen LogP contribution in [0.1, 0.15) is 43.9 Å². The minimum Gasteiger partial charge on any atom is -0.450 e. The smallest absolute Gasteiger partial charge is 0.409 e. The Kier molecular flexibility index (Phi) is 6.19. The first-order chi connectivity index (χ1) is 11.5. The Labute approximate surface area is 142 Å². The first kappa shape index (κ1) is 17.8. The molecule has 0 aliphatic carbocycles. The van der Waals surface area contributed by atoms with E-state index in [1.54, 1.807) is 24.0 Å². The van der Waals surface area contributed by atoms with Crippen molar-refractivity contribution in [3.05, 3.63) is 35.4 Å². The molecule has 2 rings (SSSR count). The molecule has 1 aliphatic rings. The Balaban J connectivity index is 1.93. The molecule has 2 amide bonds. The van der Waals surface area contributed by atoms with Crippen molar-refractivity contribution in [1.82, 2.24) is 10.2 Å². The quantitative estimate of drug-likeness (QED) is 0.920. The summed E-state index contributed by atoms with van der Waals surface area (Å²) in [6.45, 7) is 5.04. The molecule has 128 valence electrons. The highest BCUT2D eigenvalue weighted by atomic mass is 16.6. The molecule has 1 fully saturated rings. The normalized spacial score (nSPS) is 18.4. The van der Waals surface area contributed by atoms with E-state index < -0.39 is 0 Å². The number of benzene rings is 1. The maximum absolute atomic E-state index is 12.5. The summed E-state index contributed by atoms with van der Waals surface area (Å²) in [5.74, 6) is -0.273. The summed E-state index contributed by atoms with van der Waals surface area (Å²) in [6.07, 6.45) is 1.21. The van der Waals surface area contributed by atoms with Crippen LogP contribution in [0.3, 0.4) is 0 Å². The Morgan fingerprint density at radius 3 is 2.75 bits per heavy atom. The molecule has 0 spiro atoms. The summed E-state index contributed by atoms with van der Waals surface area (Å²) in [5, 5.41) is 11.8. The van der Waals surface area contributed by atoms with E-state index in [1.807, 2.05) is 19.1 Å². The number of hydrogen-bond acceptors (Lipinski definition) is 4. The van der Waals surface area contributed by atoms with E-state index in [2.05, 4.69) is 11.4 Å². The van der Waals surface area contributed by atoms with Crippen LogP contribution in [0.25, 0.3) is 0 Å². The fraction of sp³-hybridized carbons (Fsp3) is 0.500. The summed E-state index contributed by atoms with van der Waals surface area (Å²) in [4.78, 5) is 25.9. The predicted octanol–water partition coefficient (Wildman–Crippen LogP) is 2.60. The largest absolute Gasteiger partial charge is 0.450 e. The first-order valence-electron chi connectivity index (χ1n) is 8.27. The van der Waals surface area contributed by atoms with Crippen LogP contribution in [0.2, 0.25) is 0 Å². The van der Waals surface area contributed by atoms with E-state index in [4.69, 9.17) is 10.00 Å². The number of piperidine rings is 1. The van der Waals surface area contributed by atoms with E-state index in [0.29, 0.717) is 25.3 Å². The zero-order valence-electron chi connectivity index (χ0n) is 14.1. The Hall–Kier alpha value is -2.55. The maximum atomic E-state index is 12.5. The second kappa shape index (κ2) is 8.34. The number of carbonyl (C=O) groups is 2. The number of nitrogens with zero attached hydrogens (tertiary/aromatic N) is 2. The van der Waals surface area contributed by atoms with Gasteiger partial charge in [-0.2, -0.15) is 5.26 Å². The van der Waals surface area contributed by atoms with Crippen LogP contribution in [0.15, 0.2) is 24.3 Å². The van der Waals surface area contributed by atoms with Crippen molar-refractivity contribution >= 4 is 12.0 Å². The lowest BCUT2D eigenvalue weighted by atomic mass is 9.96. The summed E-state index contributed by atoms with van der Waals surface area (Å²) in [5.41, 5.74) is 1.54. The van der Waals surface area contributed by atoms with Gasteiger partial charge >= 0.3 is 6.09 Å². The molecule has 0 saturated carbocycles. The van der Waals surface area contributed by atoms with Crippen molar-refractivity contribution in [2.45, 2.75) is 32.7 Å². The van der Waals surface area contributed by atoms with E-state index >= 15 is 0 Å². The van der Waals surface area contributed by atoms with Gasteiger partial charge in [-0.3, -0.25) is 4.79 Å². The standard InChI is InChI=1S/C18H23N3O3/c1-3-24-18(23)21-10-4-5-16(12-21)17(22)20-13(2)15-8-6-14(11-19)7-9-15/h6-9,13,16H,3-5,10,12H2,1-2H3,(H,20,22). The molecule has 1 aromatic carbocycles. The van der Waals surface area contributed by atoms with Gasteiger partial charge in [-0.1, -0.05) is 12.1 Å². The molecule has 1 aromatic rings. The fourth-order valence-electron chi connectivity index (χ4n) is 2.83. The lowest BCUT2D eigenvalue weighted by Crippen LogP contribution is -2.46. The van der Waals surface area contributed by atoms with Crippen LogP contribution in [0.5, 0.6) is 0 Å². The molecule has 0 bridgehead atoms. The van der Waals surface area contributed by atoms with Crippen LogP contribution in [0.4, 0.5) is 4.79 Å². The van der Waals surface area contributed by atoms with Gasteiger partial charge < -0.3 is 15.0 Å². The number of rotatable bonds is 4. The van der Waals surface area contributed by atoms with E-state index in [1.165, 1.54) is 0 Å². The average molecular weight is 329 g/mol. The van der Waals surface area contributed by atoms with Crippen molar-refractivity contribution < 1.29 is 14.3 Å². The zero-order chi connectivity index (χ0) is 17.5. The van der Waals surface area contributed by atoms with Gasteiger partial charge in [0.2, 0.25) is 5.91 Å². The summed E-state index contributed by atoms with van der Waals surface area (Å²) in [6, 6.07) is 9.08. The SMILES string of the molecule is CCOC(=O)N1CCCC(C(=O)NC(C)c2ccc(C#N)cc2)C1.